The average molecular weight is 316 g/mol. The van der Waals surface area contributed by atoms with Crippen molar-refractivity contribution in [3.05, 3.63) is 65.9 Å². The van der Waals surface area contributed by atoms with Crippen molar-refractivity contribution in [3.8, 4) is 6.07 Å². The molecule has 0 fully saturated rings. The lowest BCUT2D eigenvalue weighted by Crippen LogP contribution is -2.03. The first-order valence-corrected chi connectivity index (χ1v) is 7.60. The summed E-state index contributed by atoms with van der Waals surface area (Å²) < 4.78 is 0. The lowest BCUT2D eigenvalue weighted by molar-refractivity contribution is 0.981. The van der Waals surface area contributed by atoms with Crippen LogP contribution < -0.4 is 10.6 Å². The quantitative estimate of drug-likeness (QED) is 0.744. The molecule has 6 heteroatoms. The fourth-order valence-corrected chi connectivity index (χ4v) is 2.30. The van der Waals surface area contributed by atoms with Gasteiger partial charge in [0, 0.05) is 11.4 Å². The van der Waals surface area contributed by atoms with Gasteiger partial charge in [-0.1, -0.05) is 31.2 Å². The zero-order valence-electron chi connectivity index (χ0n) is 13.2. The Labute approximate surface area is 140 Å². The molecule has 0 aliphatic rings. The standard InChI is InChI=1S/C18H16N6/c1-2-14-7-3-4-9-16(14)22-17-12-20-24-18(23-17)21-15-8-5-6-13(10-15)11-19/h3-10,12H,2H2,1H3,(H2,21,22,23,24). The van der Waals surface area contributed by atoms with E-state index in [1.54, 1.807) is 24.4 Å². The smallest absolute Gasteiger partial charge is 0.249 e. The maximum Gasteiger partial charge on any atom is 0.249 e. The molecule has 0 saturated heterocycles. The number of anilines is 4. The van der Waals surface area contributed by atoms with E-state index < -0.39 is 0 Å². The number of aryl methyl sites for hydroxylation is 1. The van der Waals surface area contributed by atoms with Crippen molar-refractivity contribution >= 4 is 23.1 Å². The molecule has 1 heterocycles. The van der Waals surface area contributed by atoms with Crippen LogP contribution in [0.4, 0.5) is 23.1 Å². The van der Waals surface area contributed by atoms with Gasteiger partial charge in [0.1, 0.15) is 0 Å². The first-order chi connectivity index (χ1) is 11.8. The Morgan fingerprint density at radius 1 is 1.08 bits per heavy atom. The van der Waals surface area contributed by atoms with Gasteiger partial charge >= 0.3 is 0 Å². The van der Waals surface area contributed by atoms with Gasteiger partial charge in [-0.25, -0.2) is 0 Å². The van der Waals surface area contributed by atoms with Gasteiger partial charge in [0.05, 0.1) is 17.8 Å². The van der Waals surface area contributed by atoms with Crippen molar-refractivity contribution in [2.24, 2.45) is 0 Å². The van der Waals surface area contributed by atoms with Crippen LogP contribution in [0, 0.1) is 11.3 Å². The van der Waals surface area contributed by atoms with Crippen LogP contribution in [-0.4, -0.2) is 15.2 Å². The van der Waals surface area contributed by atoms with Crippen molar-refractivity contribution in [3.63, 3.8) is 0 Å². The summed E-state index contributed by atoms with van der Waals surface area (Å²) in [7, 11) is 0. The van der Waals surface area contributed by atoms with Gasteiger partial charge in [-0.15, -0.1) is 5.10 Å². The summed E-state index contributed by atoms with van der Waals surface area (Å²) in [5, 5.41) is 23.2. The Morgan fingerprint density at radius 2 is 1.96 bits per heavy atom. The van der Waals surface area contributed by atoms with Crippen LogP contribution >= 0.6 is 0 Å². The summed E-state index contributed by atoms with van der Waals surface area (Å²) in [6.07, 6.45) is 2.50. The molecule has 118 valence electrons. The van der Waals surface area contributed by atoms with E-state index >= 15 is 0 Å². The largest absolute Gasteiger partial charge is 0.339 e. The van der Waals surface area contributed by atoms with Gasteiger partial charge in [-0.3, -0.25) is 0 Å². The zero-order chi connectivity index (χ0) is 16.8. The summed E-state index contributed by atoms with van der Waals surface area (Å²) in [6, 6.07) is 17.3. The molecule has 24 heavy (non-hydrogen) atoms. The van der Waals surface area contributed by atoms with Gasteiger partial charge in [-0.2, -0.15) is 15.3 Å². The maximum absolute atomic E-state index is 8.95. The van der Waals surface area contributed by atoms with E-state index in [1.807, 2.05) is 24.3 Å². The molecule has 3 aromatic rings. The molecule has 0 saturated carbocycles. The van der Waals surface area contributed by atoms with E-state index in [1.165, 1.54) is 5.56 Å². The summed E-state index contributed by atoms with van der Waals surface area (Å²) >= 11 is 0. The van der Waals surface area contributed by atoms with Crippen LogP contribution in [0.2, 0.25) is 0 Å². The molecular formula is C18H16N6. The van der Waals surface area contributed by atoms with Crippen molar-refractivity contribution in [1.29, 1.82) is 5.26 Å². The minimum absolute atomic E-state index is 0.365. The monoisotopic (exact) mass is 316 g/mol. The molecule has 1 aromatic heterocycles. The number of nitriles is 1. The third-order valence-corrected chi connectivity index (χ3v) is 3.47. The average Bonchev–Trinajstić information content (AvgIpc) is 2.62. The first-order valence-electron chi connectivity index (χ1n) is 7.60. The van der Waals surface area contributed by atoms with Gasteiger partial charge in [0.2, 0.25) is 5.95 Å². The van der Waals surface area contributed by atoms with Gasteiger partial charge in [0.25, 0.3) is 0 Å². The third-order valence-electron chi connectivity index (χ3n) is 3.47. The number of hydrogen-bond donors (Lipinski definition) is 2. The van der Waals surface area contributed by atoms with Crippen LogP contribution in [0.25, 0.3) is 0 Å². The number of rotatable bonds is 5. The van der Waals surface area contributed by atoms with Gasteiger partial charge in [-0.05, 0) is 36.2 Å². The molecule has 0 radical (unpaired) electrons. The highest BCUT2D eigenvalue weighted by Gasteiger charge is 2.05. The van der Waals surface area contributed by atoms with Crippen LogP contribution in [0.1, 0.15) is 18.1 Å². The molecular weight excluding hydrogens is 300 g/mol. The first kappa shape index (κ1) is 15.4. The van der Waals surface area contributed by atoms with Gasteiger partial charge < -0.3 is 10.6 Å². The number of nitrogens with zero attached hydrogens (tertiary/aromatic N) is 4. The number of aromatic nitrogens is 3. The highest BCUT2D eigenvalue weighted by atomic mass is 15.3. The summed E-state index contributed by atoms with van der Waals surface area (Å²) in [4.78, 5) is 4.42. The predicted octanol–water partition coefficient (Wildman–Crippen LogP) is 3.79. The molecule has 0 aliphatic carbocycles. The molecule has 0 atom stereocenters. The van der Waals surface area contributed by atoms with Crippen molar-refractivity contribution in [2.75, 3.05) is 10.6 Å². The van der Waals surface area contributed by atoms with E-state index in [2.05, 4.69) is 44.9 Å². The molecule has 0 bridgehead atoms. The van der Waals surface area contributed by atoms with E-state index in [-0.39, 0.29) is 0 Å². The summed E-state index contributed by atoms with van der Waals surface area (Å²) in [5.74, 6) is 0.967. The maximum atomic E-state index is 8.95. The number of para-hydroxylation sites is 1. The Morgan fingerprint density at radius 3 is 2.79 bits per heavy atom. The van der Waals surface area contributed by atoms with E-state index in [4.69, 9.17) is 5.26 Å². The van der Waals surface area contributed by atoms with E-state index in [0.717, 1.165) is 17.8 Å². The van der Waals surface area contributed by atoms with Crippen LogP contribution in [0.5, 0.6) is 0 Å². The molecule has 2 aromatic carbocycles. The number of hydrogen-bond acceptors (Lipinski definition) is 6. The molecule has 0 amide bonds. The van der Waals surface area contributed by atoms with Crippen molar-refractivity contribution in [1.82, 2.24) is 15.2 Å². The SMILES string of the molecule is CCc1ccccc1Nc1cnnc(Nc2cccc(C#N)c2)n1. The number of benzene rings is 2. The van der Waals surface area contributed by atoms with Crippen molar-refractivity contribution in [2.45, 2.75) is 13.3 Å². The summed E-state index contributed by atoms with van der Waals surface area (Å²) in [6.45, 7) is 2.11. The second kappa shape index (κ2) is 7.20. The molecule has 0 spiro atoms. The second-order valence-electron chi connectivity index (χ2n) is 5.12. The number of nitrogens with one attached hydrogen (secondary N) is 2. The fourth-order valence-electron chi connectivity index (χ4n) is 2.30. The second-order valence-corrected chi connectivity index (χ2v) is 5.12. The van der Waals surface area contributed by atoms with Gasteiger partial charge in [0.15, 0.2) is 5.82 Å². The molecule has 6 nitrogen and oxygen atoms in total. The van der Waals surface area contributed by atoms with Crippen LogP contribution in [-0.2, 0) is 6.42 Å². The third kappa shape index (κ3) is 3.65. The van der Waals surface area contributed by atoms with Crippen LogP contribution in [0.15, 0.2) is 54.7 Å². The molecule has 0 unspecified atom stereocenters. The fraction of sp³-hybridized carbons (Fsp3) is 0.111. The van der Waals surface area contributed by atoms with Crippen LogP contribution in [0.3, 0.4) is 0 Å². The lowest BCUT2D eigenvalue weighted by atomic mass is 10.1. The minimum atomic E-state index is 0.365. The van der Waals surface area contributed by atoms with E-state index in [9.17, 15) is 0 Å². The lowest BCUT2D eigenvalue weighted by Gasteiger charge is -2.10. The highest BCUT2D eigenvalue weighted by Crippen LogP contribution is 2.21. The Hall–Kier alpha value is -3.46. The summed E-state index contributed by atoms with van der Waals surface area (Å²) in [5.41, 5.74) is 3.51. The van der Waals surface area contributed by atoms with Crippen molar-refractivity contribution < 1.29 is 0 Å². The normalized spacial score (nSPS) is 10.0. The minimum Gasteiger partial charge on any atom is -0.339 e. The molecule has 3 rings (SSSR count). The molecule has 0 aliphatic heterocycles. The zero-order valence-corrected chi connectivity index (χ0v) is 13.2. The Bertz CT molecular complexity index is 884. The van der Waals surface area contributed by atoms with E-state index in [0.29, 0.717) is 17.3 Å². The molecule has 2 N–H and O–H groups in total. The highest BCUT2D eigenvalue weighted by molar-refractivity contribution is 5.62. The Kier molecular flexibility index (Phi) is 4.63. The Balaban J connectivity index is 1.80. The topological polar surface area (TPSA) is 86.5 Å². The predicted molar refractivity (Wildman–Crippen MR) is 93.4 cm³/mol.